The average Bonchev–Trinajstić information content (AvgIpc) is 2.16. The van der Waals surface area contributed by atoms with Crippen molar-refractivity contribution in [1.29, 1.82) is 0 Å². The zero-order valence-corrected chi connectivity index (χ0v) is 11.4. The van der Waals surface area contributed by atoms with Crippen LogP contribution in [0, 0.1) is 0 Å². The fourth-order valence-electron chi connectivity index (χ4n) is 0.558. The fourth-order valence-corrected chi connectivity index (χ4v) is 0.641. The molecule has 0 bridgehead atoms. The number of nitrogens with two attached hydrogens (primary N) is 1. The fraction of sp³-hybridized carbons (Fsp3) is 0.667. The van der Waals surface area contributed by atoms with Crippen LogP contribution in [0.15, 0.2) is 0 Å². The van der Waals surface area contributed by atoms with Gasteiger partial charge in [-0.3, -0.25) is 9.59 Å². The quantitative estimate of drug-likeness (QED) is 0.591. The summed E-state index contributed by atoms with van der Waals surface area (Å²) >= 11 is 7.96. The molecule has 0 aromatic carbocycles. The van der Waals surface area contributed by atoms with Crippen LogP contribution in [0.4, 0.5) is 4.79 Å². The Morgan fingerprint density at radius 2 is 1.88 bits per heavy atom. The maximum atomic E-state index is 10.8. The second kappa shape index (κ2) is 10.7. The lowest BCUT2D eigenvalue weighted by Gasteiger charge is -2.13. The number of hydrogen-bond donors (Lipinski definition) is 2. The van der Waals surface area contributed by atoms with Crippen molar-refractivity contribution in [2.45, 2.75) is 19.8 Å². The number of nitrogens with zero attached hydrogens (tertiary/aromatic N) is 1. The molecule has 2 N–H and O–H groups in total. The second-order valence-corrected chi connectivity index (χ2v) is 3.78. The van der Waals surface area contributed by atoms with Crippen molar-refractivity contribution in [3.8, 4) is 0 Å². The molecule has 0 spiro atoms. The van der Waals surface area contributed by atoms with E-state index in [1.54, 1.807) is 4.90 Å². The Hall–Kier alpha value is -0.820. The number of thiol groups is 1. The molecule has 0 fully saturated rings. The van der Waals surface area contributed by atoms with Gasteiger partial charge in [-0.1, -0.05) is 19.6 Å². The summed E-state index contributed by atoms with van der Waals surface area (Å²) in [6, 6.07) is 0. The molecule has 0 atom stereocenters. The summed E-state index contributed by atoms with van der Waals surface area (Å²) in [5, 5.41) is -0.209. The number of Topliss-reactive ketones (excluding diaryl/α,β-unsaturated/α-hetero) is 1. The first-order valence-electron chi connectivity index (χ1n) is 4.65. The minimum absolute atomic E-state index is 0.205. The SMILES string of the molecule is CCC(=O)CCOC(=S)N(C)C.NC(=O)S. The highest BCUT2D eigenvalue weighted by atomic mass is 32.1. The van der Waals surface area contributed by atoms with E-state index in [1.165, 1.54) is 0 Å². The second-order valence-electron chi connectivity index (χ2n) is 2.99. The Kier molecular flexibility index (Phi) is 11.7. The highest BCUT2D eigenvalue weighted by Crippen LogP contribution is 1.92. The molecule has 0 rings (SSSR count). The Morgan fingerprint density at radius 3 is 2.19 bits per heavy atom. The molecular weight excluding hydrogens is 248 g/mol. The van der Waals surface area contributed by atoms with Gasteiger partial charge in [0.2, 0.25) is 0 Å². The Balaban J connectivity index is 0. The van der Waals surface area contributed by atoms with Crippen molar-refractivity contribution in [2.24, 2.45) is 5.73 Å². The van der Waals surface area contributed by atoms with Gasteiger partial charge in [-0.25, -0.2) is 0 Å². The molecule has 0 aliphatic carbocycles. The molecule has 0 unspecified atom stereocenters. The molecule has 0 radical (unpaired) electrons. The maximum absolute atomic E-state index is 10.8. The maximum Gasteiger partial charge on any atom is 0.273 e. The number of carbonyl (C=O) groups is 2. The number of ether oxygens (including phenoxy) is 1. The van der Waals surface area contributed by atoms with Gasteiger partial charge in [0.1, 0.15) is 5.78 Å². The number of hydrogen-bond acceptors (Lipinski definition) is 4. The van der Waals surface area contributed by atoms with E-state index in [2.05, 4.69) is 18.4 Å². The predicted octanol–water partition coefficient (Wildman–Crippen LogP) is 1.21. The number of rotatable bonds is 4. The minimum atomic E-state index is -0.639. The molecule has 94 valence electrons. The van der Waals surface area contributed by atoms with Crippen LogP contribution < -0.4 is 5.73 Å². The van der Waals surface area contributed by atoms with Gasteiger partial charge in [0.25, 0.3) is 10.4 Å². The lowest BCUT2D eigenvalue weighted by Crippen LogP contribution is -2.23. The van der Waals surface area contributed by atoms with Crippen molar-refractivity contribution in [3.63, 3.8) is 0 Å². The molecule has 0 heterocycles. The van der Waals surface area contributed by atoms with Crippen LogP contribution in [0.2, 0.25) is 0 Å². The van der Waals surface area contributed by atoms with Crippen molar-refractivity contribution in [1.82, 2.24) is 4.90 Å². The van der Waals surface area contributed by atoms with Crippen LogP contribution in [-0.4, -0.2) is 41.8 Å². The molecule has 7 heteroatoms. The lowest BCUT2D eigenvalue weighted by molar-refractivity contribution is -0.119. The number of ketones is 1. The monoisotopic (exact) mass is 266 g/mol. The molecule has 5 nitrogen and oxygen atoms in total. The van der Waals surface area contributed by atoms with E-state index in [1.807, 2.05) is 21.0 Å². The summed E-state index contributed by atoms with van der Waals surface area (Å²) in [7, 11) is 3.62. The molecule has 1 amide bonds. The van der Waals surface area contributed by atoms with E-state index in [9.17, 15) is 4.79 Å². The summed E-state index contributed by atoms with van der Waals surface area (Å²) < 4.78 is 5.11. The number of carbonyl (C=O) groups excluding carboxylic acids is 2. The van der Waals surface area contributed by atoms with Gasteiger partial charge in [0.15, 0.2) is 0 Å². The van der Waals surface area contributed by atoms with Crippen LogP contribution in [0.5, 0.6) is 0 Å². The Labute approximate surface area is 107 Å². The molecule has 0 aromatic heterocycles. The van der Waals surface area contributed by atoms with Gasteiger partial charge >= 0.3 is 0 Å². The Morgan fingerprint density at radius 1 is 1.44 bits per heavy atom. The first-order chi connectivity index (χ1) is 7.31. The van der Waals surface area contributed by atoms with Crippen LogP contribution in [0.25, 0.3) is 0 Å². The van der Waals surface area contributed by atoms with Gasteiger partial charge < -0.3 is 15.4 Å². The zero-order valence-electron chi connectivity index (χ0n) is 9.73. The topological polar surface area (TPSA) is 72.6 Å². The predicted molar refractivity (Wildman–Crippen MR) is 70.7 cm³/mol. The first kappa shape index (κ1) is 17.6. The third-order valence-corrected chi connectivity index (χ3v) is 1.85. The highest BCUT2D eigenvalue weighted by Gasteiger charge is 2.01. The van der Waals surface area contributed by atoms with E-state index >= 15 is 0 Å². The average molecular weight is 266 g/mol. The van der Waals surface area contributed by atoms with Crippen LogP contribution >= 0.6 is 24.8 Å². The molecule has 16 heavy (non-hydrogen) atoms. The summed E-state index contributed by atoms with van der Waals surface area (Å²) in [6.07, 6.45) is 1.02. The number of thiocarbonyl (C=S) groups is 1. The molecule has 0 saturated carbocycles. The summed E-state index contributed by atoms with van der Waals surface area (Å²) in [5.41, 5.74) is 4.34. The molecule has 0 aromatic rings. The lowest BCUT2D eigenvalue weighted by atomic mass is 10.2. The standard InChI is InChI=1S/C8H15NO2S.CH3NOS/c1-4-7(10)5-6-11-8(12)9(2)3;2-1(3)4/h4-6H2,1-3H3;(H3,2,3,4). The van der Waals surface area contributed by atoms with E-state index in [4.69, 9.17) is 21.7 Å². The smallest absolute Gasteiger partial charge is 0.273 e. The summed E-state index contributed by atoms with van der Waals surface area (Å²) in [5.74, 6) is 0.205. The third-order valence-electron chi connectivity index (χ3n) is 1.37. The van der Waals surface area contributed by atoms with Crippen molar-refractivity contribution in [2.75, 3.05) is 20.7 Å². The zero-order chi connectivity index (χ0) is 13.1. The van der Waals surface area contributed by atoms with E-state index in [0.29, 0.717) is 24.6 Å². The van der Waals surface area contributed by atoms with Crippen LogP contribution in [0.1, 0.15) is 19.8 Å². The van der Waals surface area contributed by atoms with E-state index < -0.39 is 5.24 Å². The van der Waals surface area contributed by atoms with Gasteiger partial charge in [-0.15, -0.1) is 0 Å². The highest BCUT2D eigenvalue weighted by molar-refractivity contribution is 7.96. The van der Waals surface area contributed by atoms with Gasteiger partial charge in [0, 0.05) is 26.9 Å². The van der Waals surface area contributed by atoms with Gasteiger partial charge in [0.05, 0.1) is 6.61 Å². The Bertz CT molecular complexity index is 241. The van der Waals surface area contributed by atoms with E-state index in [0.717, 1.165) is 0 Å². The van der Waals surface area contributed by atoms with Crippen LogP contribution in [-0.2, 0) is 9.53 Å². The third kappa shape index (κ3) is 15.6. The molecular formula is C9H18N2O3S2. The van der Waals surface area contributed by atoms with Crippen LogP contribution in [0.3, 0.4) is 0 Å². The van der Waals surface area contributed by atoms with E-state index in [-0.39, 0.29) is 5.78 Å². The summed E-state index contributed by atoms with van der Waals surface area (Å²) in [6.45, 7) is 2.23. The molecule has 0 aliphatic heterocycles. The molecule has 0 aliphatic rings. The number of amides is 1. The normalized spacial score (nSPS) is 8.50. The largest absolute Gasteiger partial charge is 0.470 e. The minimum Gasteiger partial charge on any atom is -0.470 e. The van der Waals surface area contributed by atoms with Crippen molar-refractivity contribution in [3.05, 3.63) is 0 Å². The van der Waals surface area contributed by atoms with Crippen molar-refractivity contribution < 1.29 is 14.3 Å². The van der Waals surface area contributed by atoms with Gasteiger partial charge in [-0.2, -0.15) is 0 Å². The van der Waals surface area contributed by atoms with Crippen molar-refractivity contribution >= 4 is 41.0 Å². The molecule has 0 saturated heterocycles. The number of primary amides is 1. The summed E-state index contributed by atoms with van der Waals surface area (Å²) in [4.78, 5) is 21.6. The van der Waals surface area contributed by atoms with Gasteiger partial charge in [-0.05, 0) is 12.2 Å². The first-order valence-corrected chi connectivity index (χ1v) is 5.51.